The molecular weight excluding hydrogens is 176 g/mol. The molecule has 0 saturated carbocycles. The highest BCUT2D eigenvalue weighted by molar-refractivity contribution is 5.01. The van der Waals surface area contributed by atoms with E-state index in [1.54, 1.807) is 13.8 Å². The Balaban J connectivity index is 2.24. The highest BCUT2D eigenvalue weighted by Crippen LogP contribution is 2.42. The maximum Gasteiger partial charge on any atom is 0.184 e. The summed E-state index contributed by atoms with van der Waals surface area (Å²) in [5, 5.41) is 18.6. The van der Waals surface area contributed by atoms with Crippen molar-refractivity contribution in [2.45, 2.75) is 37.6 Å². The predicted octanol–water partition coefficient (Wildman–Crippen LogP) is -0.782. The van der Waals surface area contributed by atoms with E-state index in [0.717, 1.165) is 0 Å². The molecule has 0 bridgehead atoms. The Kier molecular flexibility index (Phi) is 1.91. The lowest BCUT2D eigenvalue weighted by Crippen LogP contribution is -2.44. The van der Waals surface area contributed by atoms with E-state index in [9.17, 15) is 10.2 Å². The smallest absolute Gasteiger partial charge is 0.184 e. The van der Waals surface area contributed by atoms with Gasteiger partial charge >= 0.3 is 0 Å². The number of fused-ring (bicyclic) bond motifs is 1. The Labute approximate surface area is 76.2 Å². The number of ether oxygens (including phenoxy) is 3. The minimum absolute atomic E-state index is 0.165. The highest BCUT2D eigenvalue weighted by Gasteiger charge is 2.60. The van der Waals surface area contributed by atoms with Crippen molar-refractivity contribution in [1.82, 2.24) is 0 Å². The molecule has 13 heavy (non-hydrogen) atoms. The summed E-state index contributed by atoms with van der Waals surface area (Å²) in [7, 11) is 0. The van der Waals surface area contributed by atoms with Crippen LogP contribution < -0.4 is 0 Å². The fraction of sp³-hybridized carbons (Fsp3) is 1.00. The minimum Gasteiger partial charge on any atom is -0.393 e. The third-order valence-corrected chi connectivity index (χ3v) is 2.40. The highest BCUT2D eigenvalue weighted by atomic mass is 16.8. The first-order valence-electron chi connectivity index (χ1n) is 4.28. The molecule has 2 saturated heterocycles. The average molecular weight is 190 g/mol. The number of hydrogen-bond donors (Lipinski definition) is 2. The van der Waals surface area contributed by atoms with Crippen molar-refractivity contribution in [2.75, 3.05) is 13.2 Å². The molecule has 2 aliphatic rings. The zero-order valence-corrected chi connectivity index (χ0v) is 7.69. The number of hydrogen-bond acceptors (Lipinski definition) is 5. The summed E-state index contributed by atoms with van der Waals surface area (Å²) < 4.78 is 15.9. The van der Waals surface area contributed by atoms with Gasteiger partial charge in [0.25, 0.3) is 0 Å². The van der Waals surface area contributed by atoms with E-state index in [1.165, 1.54) is 0 Å². The third kappa shape index (κ3) is 1.28. The summed E-state index contributed by atoms with van der Waals surface area (Å²) in [4.78, 5) is 0. The van der Waals surface area contributed by atoms with Crippen molar-refractivity contribution < 1.29 is 24.4 Å². The summed E-state index contributed by atoms with van der Waals surface area (Å²) in [5.74, 6) is -0.766. The van der Waals surface area contributed by atoms with Crippen molar-refractivity contribution >= 4 is 0 Å². The van der Waals surface area contributed by atoms with Crippen LogP contribution >= 0.6 is 0 Å². The third-order valence-electron chi connectivity index (χ3n) is 2.40. The van der Waals surface area contributed by atoms with Crippen molar-refractivity contribution in [3.05, 3.63) is 0 Å². The van der Waals surface area contributed by atoms with Gasteiger partial charge in [-0.1, -0.05) is 0 Å². The van der Waals surface area contributed by atoms with Gasteiger partial charge in [0.05, 0.1) is 13.2 Å². The summed E-state index contributed by atoms with van der Waals surface area (Å²) in [6.07, 6.45) is -1.60. The average Bonchev–Trinajstić information content (AvgIpc) is 2.47. The second kappa shape index (κ2) is 2.65. The molecule has 0 spiro atoms. The first-order chi connectivity index (χ1) is 5.99. The molecule has 0 radical (unpaired) electrons. The van der Waals surface area contributed by atoms with Crippen molar-refractivity contribution in [3.8, 4) is 0 Å². The van der Waals surface area contributed by atoms with E-state index >= 15 is 0 Å². The molecule has 0 aromatic rings. The molecule has 0 amide bonds. The van der Waals surface area contributed by atoms with Gasteiger partial charge in [-0.2, -0.15) is 0 Å². The molecule has 2 N–H and O–H groups in total. The maximum absolute atomic E-state index is 9.39. The van der Waals surface area contributed by atoms with E-state index in [0.29, 0.717) is 0 Å². The first kappa shape index (κ1) is 9.36. The molecule has 2 rings (SSSR count). The fourth-order valence-corrected chi connectivity index (χ4v) is 1.90. The summed E-state index contributed by atoms with van der Waals surface area (Å²) in [6, 6.07) is 0. The molecular formula is C8H14O5. The molecule has 0 aromatic carbocycles. The zero-order chi connectivity index (χ0) is 9.69. The van der Waals surface area contributed by atoms with Crippen molar-refractivity contribution in [1.29, 1.82) is 0 Å². The SMILES string of the molecule is CC1(C)O[C@H]2[C@@H](O)OC[C@@]2(CO)O1. The zero-order valence-electron chi connectivity index (χ0n) is 7.69. The van der Waals surface area contributed by atoms with Gasteiger partial charge in [0, 0.05) is 0 Å². The van der Waals surface area contributed by atoms with E-state index in [4.69, 9.17) is 14.2 Å². The Morgan fingerprint density at radius 3 is 2.69 bits per heavy atom. The second-order valence-corrected chi connectivity index (χ2v) is 3.96. The van der Waals surface area contributed by atoms with Gasteiger partial charge in [0.1, 0.15) is 11.7 Å². The topological polar surface area (TPSA) is 68.2 Å². The molecule has 3 atom stereocenters. The van der Waals surface area contributed by atoms with Crippen LogP contribution in [0.3, 0.4) is 0 Å². The summed E-state index contributed by atoms with van der Waals surface area (Å²) in [5.41, 5.74) is -0.886. The fourth-order valence-electron chi connectivity index (χ4n) is 1.90. The van der Waals surface area contributed by atoms with Crippen LogP contribution in [0.5, 0.6) is 0 Å². The van der Waals surface area contributed by atoms with Crippen LogP contribution in [0, 0.1) is 0 Å². The van der Waals surface area contributed by atoms with Crippen LogP contribution in [0.4, 0.5) is 0 Å². The van der Waals surface area contributed by atoms with Crippen LogP contribution in [0.2, 0.25) is 0 Å². The normalized spacial score (nSPS) is 48.0. The lowest BCUT2D eigenvalue weighted by Gasteiger charge is -2.23. The Hall–Kier alpha value is -0.200. The number of rotatable bonds is 1. The van der Waals surface area contributed by atoms with Crippen molar-refractivity contribution in [3.63, 3.8) is 0 Å². The first-order valence-corrected chi connectivity index (χ1v) is 4.28. The summed E-state index contributed by atoms with van der Waals surface area (Å²) in [6.45, 7) is 3.45. The maximum atomic E-state index is 9.39. The van der Waals surface area contributed by atoms with Crippen LogP contribution in [0.15, 0.2) is 0 Å². The molecule has 5 nitrogen and oxygen atoms in total. The van der Waals surface area contributed by atoms with Crippen molar-refractivity contribution in [2.24, 2.45) is 0 Å². The monoisotopic (exact) mass is 190 g/mol. The Morgan fingerprint density at radius 2 is 2.15 bits per heavy atom. The van der Waals surface area contributed by atoms with Crippen LogP contribution in [-0.4, -0.2) is 47.2 Å². The lowest BCUT2D eigenvalue weighted by molar-refractivity contribution is -0.216. The largest absolute Gasteiger partial charge is 0.393 e. The van der Waals surface area contributed by atoms with Crippen LogP contribution in [0.1, 0.15) is 13.8 Å². The molecule has 5 heteroatoms. The molecule has 76 valence electrons. The molecule has 0 aliphatic carbocycles. The van der Waals surface area contributed by atoms with Gasteiger partial charge in [-0.25, -0.2) is 0 Å². The number of aliphatic hydroxyl groups excluding tert-OH is 2. The van der Waals surface area contributed by atoms with E-state index in [2.05, 4.69) is 0 Å². The molecule has 2 aliphatic heterocycles. The molecule has 0 aromatic heterocycles. The molecule has 2 heterocycles. The Bertz CT molecular complexity index is 217. The van der Waals surface area contributed by atoms with Crippen LogP contribution in [-0.2, 0) is 14.2 Å². The summed E-state index contributed by atoms with van der Waals surface area (Å²) >= 11 is 0. The molecule has 0 unspecified atom stereocenters. The van der Waals surface area contributed by atoms with E-state index in [1.807, 2.05) is 0 Å². The number of aliphatic hydroxyl groups is 2. The second-order valence-electron chi connectivity index (χ2n) is 3.96. The Morgan fingerprint density at radius 1 is 1.46 bits per heavy atom. The van der Waals surface area contributed by atoms with E-state index < -0.39 is 23.8 Å². The van der Waals surface area contributed by atoms with Gasteiger partial charge in [-0.15, -0.1) is 0 Å². The van der Waals surface area contributed by atoms with E-state index in [-0.39, 0.29) is 13.2 Å². The van der Waals surface area contributed by atoms with Gasteiger partial charge in [-0.05, 0) is 13.8 Å². The molecule has 2 fully saturated rings. The predicted molar refractivity (Wildman–Crippen MR) is 41.8 cm³/mol. The lowest BCUT2D eigenvalue weighted by atomic mass is 10.0. The van der Waals surface area contributed by atoms with Gasteiger partial charge < -0.3 is 24.4 Å². The van der Waals surface area contributed by atoms with Crippen LogP contribution in [0.25, 0.3) is 0 Å². The standard InChI is InChI=1S/C8H14O5/c1-7(2)12-5-6(10)11-4-8(5,3-9)13-7/h5-6,9-10H,3-4H2,1-2H3/t5-,6-,8+/m0/s1. The minimum atomic E-state index is -1.01. The van der Waals surface area contributed by atoms with Gasteiger partial charge in [0.2, 0.25) is 0 Å². The van der Waals surface area contributed by atoms with Gasteiger partial charge in [0.15, 0.2) is 12.1 Å². The van der Waals surface area contributed by atoms with Gasteiger partial charge in [-0.3, -0.25) is 0 Å². The quantitative estimate of drug-likeness (QED) is 0.567.